The number of pyridine rings is 2. The molecule has 0 radical (unpaired) electrons. The van der Waals surface area contributed by atoms with Crippen LogP contribution in [0.15, 0.2) is 12.4 Å². The number of nitriles is 2. The van der Waals surface area contributed by atoms with Gasteiger partial charge in [0, 0.05) is 0 Å². The molecule has 2 rings (SSSR count). The van der Waals surface area contributed by atoms with Crippen molar-refractivity contribution in [2.75, 3.05) is 20.0 Å². The zero-order valence-electron chi connectivity index (χ0n) is 14.5. The van der Waals surface area contributed by atoms with Crippen molar-refractivity contribution >= 4 is 28.9 Å². The summed E-state index contributed by atoms with van der Waals surface area (Å²) in [4.78, 5) is 7.19. The Morgan fingerprint density at radius 1 is 0.962 bits per heavy atom. The molecule has 138 valence electrons. The number of nitrogens with zero attached hydrogens (tertiary/aromatic N) is 4. The molecule has 2 heterocycles. The number of ether oxygens (including phenoxy) is 2. The van der Waals surface area contributed by atoms with Crippen molar-refractivity contribution in [3.05, 3.63) is 39.6 Å². The molecule has 0 aliphatic rings. The topological polar surface area (TPSA) is 118 Å². The minimum atomic E-state index is -0.849. The molecule has 2 aromatic rings. The van der Waals surface area contributed by atoms with E-state index in [1.807, 2.05) is 19.9 Å². The van der Waals surface area contributed by atoms with E-state index in [1.54, 1.807) is 6.07 Å². The van der Waals surface area contributed by atoms with Gasteiger partial charge in [-0.15, -0.1) is 0 Å². The summed E-state index contributed by atoms with van der Waals surface area (Å²) in [6.07, 6.45) is 2.56. The summed E-state index contributed by atoms with van der Waals surface area (Å²) < 4.78 is 22.5. The monoisotopic (exact) mass is 399 g/mol. The van der Waals surface area contributed by atoms with Crippen molar-refractivity contribution < 1.29 is 13.9 Å². The lowest BCUT2D eigenvalue weighted by molar-refractivity contribution is 0.407. The van der Waals surface area contributed by atoms with E-state index in [-0.39, 0.29) is 32.9 Å². The number of anilines is 1. The molecule has 2 N–H and O–H groups in total. The van der Waals surface area contributed by atoms with Gasteiger partial charge in [-0.25, -0.2) is 14.4 Å². The third-order valence-electron chi connectivity index (χ3n) is 2.64. The molecule has 0 saturated heterocycles. The summed E-state index contributed by atoms with van der Waals surface area (Å²) in [6, 6.07) is 3.51. The van der Waals surface area contributed by atoms with Crippen LogP contribution in [-0.2, 0) is 0 Å². The zero-order valence-corrected chi connectivity index (χ0v) is 16.0. The second-order valence-electron chi connectivity index (χ2n) is 3.94. The molecule has 10 heteroatoms. The second-order valence-corrected chi connectivity index (χ2v) is 4.65. The summed E-state index contributed by atoms with van der Waals surface area (Å²) in [5.74, 6) is -0.433. The number of methoxy groups -OCH3 is 2. The number of nitrogens with two attached hydrogens (primary N) is 1. The lowest BCUT2D eigenvalue weighted by atomic mass is 10.2. The van der Waals surface area contributed by atoms with Gasteiger partial charge in [-0.1, -0.05) is 37.0 Å². The van der Waals surface area contributed by atoms with Gasteiger partial charge in [-0.2, -0.15) is 10.5 Å². The van der Waals surface area contributed by atoms with Gasteiger partial charge in [0.05, 0.1) is 32.3 Å². The normalized spacial score (nSPS) is 8.65. The minimum Gasteiger partial charge on any atom is -0.494 e. The molecule has 0 fully saturated rings. The van der Waals surface area contributed by atoms with E-state index < -0.39 is 5.82 Å². The van der Waals surface area contributed by atoms with Crippen molar-refractivity contribution in [2.45, 2.75) is 13.8 Å². The molecular formula is C16H16Cl2FN5O2. The van der Waals surface area contributed by atoms with Crippen LogP contribution >= 0.6 is 23.2 Å². The molecular weight excluding hydrogens is 384 g/mol. The van der Waals surface area contributed by atoms with Gasteiger partial charge in [0.15, 0.2) is 27.6 Å². The van der Waals surface area contributed by atoms with E-state index in [2.05, 4.69) is 14.7 Å². The predicted octanol–water partition coefficient (Wildman–Crippen LogP) is 3.98. The van der Waals surface area contributed by atoms with Gasteiger partial charge in [-0.05, 0) is 0 Å². The van der Waals surface area contributed by atoms with Crippen molar-refractivity contribution in [1.29, 1.82) is 10.5 Å². The highest BCUT2D eigenvalue weighted by atomic mass is 35.5. The number of aromatic nitrogens is 2. The number of hydrogen-bond donors (Lipinski definition) is 1. The summed E-state index contributed by atoms with van der Waals surface area (Å²) >= 11 is 10.9. The Labute approximate surface area is 160 Å². The molecule has 2 aromatic heterocycles. The van der Waals surface area contributed by atoms with Crippen molar-refractivity contribution in [3.63, 3.8) is 0 Å². The van der Waals surface area contributed by atoms with Crippen molar-refractivity contribution in [3.8, 4) is 23.6 Å². The van der Waals surface area contributed by atoms with Crippen LogP contribution in [0.1, 0.15) is 25.0 Å². The minimum absolute atomic E-state index is 0.0828. The van der Waals surface area contributed by atoms with E-state index in [0.29, 0.717) is 5.75 Å². The van der Waals surface area contributed by atoms with Crippen LogP contribution in [-0.4, -0.2) is 24.2 Å². The Bertz CT molecular complexity index is 765. The zero-order chi connectivity index (χ0) is 20.3. The third kappa shape index (κ3) is 5.62. The van der Waals surface area contributed by atoms with Crippen LogP contribution in [0.5, 0.6) is 11.5 Å². The lowest BCUT2D eigenvalue weighted by Crippen LogP contribution is -1.97. The molecule has 0 aromatic carbocycles. The van der Waals surface area contributed by atoms with Gasteiger partial charge >= 0.3 is 0 Å². The summed E-state index contributed by atoms with van der Waals surface area (Å²) in [5.41, 5.74) is 5.62. The van der Waals surface area contributed by atoms with Crippen molar-refractivity contribution in [1.82, 2.24) is 9.97 Å². The van der Waals surface area contributed by atoms with Crippen LogP contribution < -0.4 is 15.2 Å². The molecule has 0 spiro atoms. The maximum Gasteiger partial charge on any atom is 0.181 e. The van der Waals surface area contributed by atoms with E-state index in [0.717, 1.165) is 0 Å². The van der Waals surface area contributed by atoms with Gasteiger partial charge in [0.2, 0.25) is 0 Å². The average molecular weight is 400 g/mol. The first kappa shape index (κ1) is 23.2. The van der Waals surface area contributed by atoms with Crippen LogP contribution in [0.4, 0.5) is 10.1 Å². The SMILES string of the molecule is CC.COc1cnc(Cl)c(F)c1C#N.COc1cnc(Cl)c(N)c1C#N. The maximum atomic E-state index is 13.0. The Morgan fingerprint density at radius 3 is 1.81 bits per heavy atom. The van der Waals surface area contributed by atoms with Gasteiger partial charge < -0.3 is 15.2 Å². The Kier molecular flexibility index (Phi) is 10.4. The van der Waals surface area contributed by atoms with Gasteiger partial charge in [0.1, 0.15) is 23.3 Å². The fourth-order valence-electron chi connectivity index (χ4n) is 1.46. The predicted molar refractivity (Wildman–Crippen MR) is 96.7 cm³/mol. The van der Waals surface area contributed by atoms with E-state index in [9.17, 15) is 4.39 Å². The Hall–Kier alpha value is -2.81. The fourth-order valence-corrected chi connectivity index (χ4v) is 1.75. The number of rotatable bonds is 2. The number of nitrogen functional groups attached to an aromatic ring is 1. The molecule has 0 saturated carbocycles. The molecule has 0 amide bonds. The molecule has 0 aliphatic carbocycles. The van der Waals surface area contributed by atoms with Crippen LogP contribution in [0.2, 0.25) is 10.3 Å². The van der Waals surface area contributed by atoms with E-state index in [1.165, 1.54) is 26.6 Å². The highest BCUT2D eigenvalue weighted by Gasteiger charge is 2.13. The van der Waals surface area contributed by atoms with Crippen LogP contribution in [0, 0.1) is 28.5 Å². The van der Waals surface area contributed by atoms with Gasteiger partial charge in [-0.3, -0.25) is 0 Å². The third-order valence-corrected chi connectivity index (χ3v) is 3.20. The summed E-state index contributed by atoms with van der Waals surface area (Å²) in [5, 5.41) is 16.9. The molecule has 26 heavy (non-hydrogen) atoms. The highest BCUT2D eigenvalue weighted by Crippen LogP contribution is 2.27. The van der Waals surface area contributed by atoms with Crippen LogP contribution in [0.25, 0.3) is 0 Å². The number of halogens is 3. The van der Waals surface area contributed by atoms with E-state index >= 15 is 0 Å². The first-order valence-electron chi connectivity index (χ1n) is 7.07. The standard InChI is InChI=1S/C7H4ClFN2O.C7H6ClN3O.C2H6/c1-12-5-3-11-7(8)6(9)4(5)2-10;1-12-5-3-11-7(8)6(10)4(5)2-9;1-2/h3H,1H3;3H,10H2,1H3;1-2H3. The van der Waals surface area contributed by atoms with E-state index in [4.69, 9.17) is 44.2 Å². The van der Waals surface area contributed by atoms with Crippen LogP contribution in [0.3, 0.4) is 0 Å². The molecule has 0 aliphatic heterocycles. The molecule has 0 bridgehead atoms. The first-order valence-corrected chi connectivity index (χ1v) is 7.82. The first-order chi connectivity index (χ1) is 12.4. The summed E-state index contributed by atoms with van der Waals surface area (Å²) in [7, 11) is 2.76. The fraction of sp³-hybridized carbons (Fsp3) is 0.250. The smallest absolute Gasteiger partial charge is 0.181 e. The molecule has 7 nitrogen and oxygen atoms in total. The molecule has 0 atom stereocenters. The Balaban J connectivity index is 0.000000439. The lowest BCUT2D eigenvalue weighted by Gasteiger charge is -2.04. The van der Waals surface area contributed by atoms with Gasteiger partial charge in [0.25, 0.3) is 0 Å². The highest BCUT2D eigenvalue weighted by molar-refractivity contribution is 6.32. The second kappa shape index (κ2) is 11.7. The maximum absolute atomic E-state index is 13.0. The average Bonchev–Trinajstić information content (AvgIpc) is 2.67. The quantitative estimate of drug-likeness (QED) is 0.758. The summed E-state index contributed by atoms with van der Waals surface area (Å²) in [6.45, 7) is 4.00. The largest absolute Gasteiger partial charge is 0.494 e. The Morgan fingerprint density at radius 2 is 1.38 bits per heavy atom. The number of hydrogen-bond acceptors (Lipinski definition) is 7. The van der Waals surface area contributed by atoms with Crippen molar-refractivity contribution in [2.24, 2.45) is 0 Å². The molecule has 0 unspecified atom stereocenters.